The van der Waals surface area contributed by atoms with Gasteiger partial charge in [-0.1, -0.05) is 0 Å². The monoisotopic (exact) mass is 227 g/mol. The van der Waals surface area contributed by atoms with E-state index in [1.807, 2.05) is 0 Å². The maximum atomic E-state index is 10.6. The SMILES string of the molecule is O=C(O)C(F)(F)F.OCC1[C@H]2CNC[C@@H]12. The van der Waals surface area contributed by atoms with Crippen LogP contribution in [0.1, 0.15) is 0 Å². The number of hydrogen-bond acceptors (Lipinski definition) is 3. The van der Waals surface area contributed by atoms with Crippen LogP contribution in [0.15, 0.2) is 0 Å². The Bertz CT molecular complexity index is 227. The molecule has 1 saturated heterocycles. The van der Waals surface area contributed by atoms with Crippen LogP contribution in [0.3, 0.4) is 0 Å². The maximum absolute atomic E-state index is 10.6. The number of carboxylic acids is 1. The van der Waals surface area contributed by atoms with E-state index in [1.54, 1.807) is 0 Å². The van der Waals surface area contributed by atoms with E-state index >= 15 is 0 Å². The number of piperidine rings is 1. The second-order valence-corrected chi connectivity index (χ2v) is 3.64. The molecule has 3 N–H and O–H groups in total. The summed E-state index contributed by atoms with van der Waals surface area (Å²) in [6.07, 6.45) is -5.08. The topological polar surface area (TPSA) is 69.6 Å². The van der Waals surface area contributed by atoms with Gasteiger partial charge in [-0.05, 0) is 30.8 Å². The van der Waals surface area contributed by atoms with Gasteiger partial charge in [-0.2, -0.15) is 13.2 Å². The predicted molar refractivity (Wildman–Crippen MR) is 44.1 cm³/mol. The number of aliphatic carboxylic acids is 1. The quantitative estimate of drug-likeness (QED) is 0.593. The molecule has 0 bridgehead atoms. The molecule has 1 aliphatic carbocycles. The highest BCUT2D eigenvalue weighted by Crippen LogP contribution is 2.47. The highest BCUT2D eigenvalue weighted by atomic mass is 19.4. The number of hydrogen-bond donors (Lipinski definition) is 3. The Kier molecular flexibility index (Phi) is 3.56. The van der Waals surface area contributed by atoms with Gasteiger partial charge in [0.05, 0.1) is 0 Å². The van der Waals surface area contributed by atoms with Crippen LogP contribution < -0.4 is 5.32 Å². The van der Waals surface area contributed by atoms with Crippen molar-refractivity contribution in [3.8, 4) is 0 Å². The van der Waals surface area contributed by atoms with Crippen molar-refractivity contribution in [2.24, 2.45) is 17.8 Å². The molecule has 0 radical (unpaired) electrons. The molecule has 1 aliphatic heterocycles. The summed E-state index contributed by atoms with van der Waals surface area (Å²) in [5.41, 5.74) is 0. The molecule has 4 nitrogen and oxygen atoms in total. The van der Waals surface area contributed by atoms with Gasteiger partial charge in [-0.3, -0.25) is 0 Å². The van der Waals surface area contributed by atoms with Crippen molar-refractivity contribution in [2.75, 3.05) is 19.7 Å². The molecular weight excluding hydrogens is 215 g/mol. The first-order chi connectivity index (χ1) is 6.88. The molecule has 88 valence electrons. The molecule has 0 amide bonds. The molecule has 15 heavy (non-hydrogen) atoms. The highest BCUT2D eigenvalue weighted by Gasteiger charge is 2.51. The van der Waals surface area contributed by atoms with Crippen LogP contribution in [-0.4, -0.2) is 42.1 Å². The zero-order valence-corrected chi connectivity index (χ0v) is 7.79. The Morgan fingerprint density at radius 3 is 1.93 bits per heavy atom. The van der Waals surface area contributed by atoms with Gasteiger partial charge in [-0.15, -0.1) is 0 Å². The van der Waals surface area contributed by atoms with Gasteiger partial charge >= 0.3 is 12.1 Å². The average molecular weight is 227 g/mol. The summed E-state index contributed by atoms with van der Waals surface area (Å²) < 4.78 is 31.7. The van der Waals surface area contributed by atoms with Gasteiger partial charge in [0.2, 0.25) is 0 Å². The van der Waals surface area contributed by atoms with Crippen LogP contribution in [0.4, 0.5) is 13.2 Å². The van der Waals surface area contributed by atoms with E-state index in [2.05, 4.69) is 5.32 Å². The summed E-state index contributed by atoms with van der Waals surface area (Å²) in [6, 6.07) is 0. The molecule has 1 heterocycles. The zero-order chi connectivity index (χ0) is 11.6. The molecule has 7 heteroatoms. The van der Waals surface area contributed by atoms with E-state index < -0.39 is 12.1 Å². The summed E-state index contributed by atoms with van der Waals surface area (Å²) in [6.45, 7) is 2.71. The van der Waals surface area contributed by atoms with E-state index in [4.69, 9.17) is 15.0 Å². The summed E-state index contributed by atoms with van der Waals surface area (Å²) in [5.74, 6) is -0.427. The molecule has 0 spiro atoms. The number of nitrogens with one attached hydrogen (secondary N) is 1. The molecule has 1 saturated carbocycles. The molecular formula is C8H12F3NO3. The van der Waals surface area contributed by atoms with Gasteiger partial charge in [0.1, 0.15) is 0 Å². The average Bonchev–Trinajstić information content (AvgIpc) is 2.55. The zero-order valence-electron chi connectivity index (χ0n) is 7.79. The number of alkyl halides is 3. The molecule has 3 atom stereocenters. The van der Waals surface area contributed by atoms with Gasteiger partial charge in [0.25, 0.3) is 0 Å². The Hall–Kier alpha value is -0.820. The fraction of sp³-hybridized carbons (Fsp3) is 0.875. The van der Waals surface area contributed by atoms with Crippen molar-refractivity contribution in [3.05, 3.63) is 0 Å². The van der Waals surface area contributed by atoms with Crippen LogP contribution in [0.25, 0.3) is 0 Å². The van der Waals surface area contributed by atoms with E-state index in [9.17, 15) is 13.2 Å². The fourth-order valence-corrected chi connectivity index (χ4v) is 1.82. The molecule has 0 aromatic carbocycles. The Balaban J connectivity index is 0.000000153. The lowest BCUT2D eigenvalue weighted by Gasteiger charge is -1.97. The number of fused-ring (bicyclic) bond motifs is 1. The second kappa shape index (κ2) is 4.36. The minimum absolute atomic E-state index is 0.414. The molecule has 0 aromatic rings. The lowest BCUT2D eigenvalue weighted by atomic mass is 10.3. The van der Waals surface area contributed by atoms with Crippen LogP contribution in [-0.2, 0) is 4.79 Å². The Morgan fingerprint density at radius 2 is 1.73 bits per heavy atom. The third kappa shape index (κ3) is 3.07. The van der Waals surface area contributed by atoms with E-state index in [-0.39, 0.29) is 0 Å². The first-order valence-corrected chi connectivity index (χ1v) is 4.49. The van der Waals surface area contributed by atoms with Crippen molar-refractivity contribution in [1.82, 2.24) is 5.32 Å². The minimum atomic E-state index is -5.08. The number of aliphatic hydroxyl groups is 1. The number of carboxylic acid groups (broad SMARTS) is 1. The first kappa shape index (κ1) is 12.3. The normalized spacial score (nSPS) is 32.7. The number of rotatable bonds is 1. The lowest BCUT2D eigenvalue weighted by Crippen LogP contribution is -2.21. The van der Waals surface area contributed by atoms with Crippen LogP contribution in [0, 0.1) is 17.8 Å². The third-order valence-corrected chi connectivity index (χ3v) is 2.72. The largest absolute Gasteiger partial charge is 0.490 e. The molecule has 2 aliphatic rings. The van der Waals surface area contributed by atoms with Crippen molar-refractivity contribution >= 4 is 5.97 Å². The summed E-state index contributed by atoms with van der Waals surface area (Å²) in [7, 11) is 0. The third-order valence-electron chi connectivity index (χ3n) is 2.72. The fourth-order valence-electron chi connectivity index (χ4n) is 1.82. The molecule has 2 fully saturated rings. The summed E-state index contributed by atoms with van der Waals surface area (Å²) in [5, 5.41) is 19.1. The Labute approximate surface area is 84.1 Å². The van der Waals surface area contributed by atoms with Crippen molar-refractivity contribution in [3.63, 3.8) is 0 Å². The standard InChI is InChI=1S/C6H11NO.C2HF3O2/c8-3-6-4-1-7-2-5(4)6;3-2(4,5)1(6)7/h4-8H,1-3H2;(H,6,7)/t4-,5+,6?;. The lowest BCUT2D eigenvalue weighted by molar-refractivity contribution is -0.192. The molecule has 0 aromatic heterocycles. The van der Waals surface area contributed by atoms with Gasteiger partial charge in [-0.25, -0.2) is 4.79 Å². The van der Waals surface area contributed by atoms with Gasteiger partial charge < -0.3 is 15.5 Å². The minimum Gasteiger partial charge on any atom is -0.475 e. The first-order valence-electron chi connectivity index (χ1n) is 4.49. The van der Waals surface area contributed by atoms with E-state index in [0.29, 0.717) is 12.5 Å². The van der Waals surface area contributed by atoms with Crippen molar-refractivity contribution in [1.29, 1.82) is 0 Å². The number of carbonyl (C=O) groups is 1. The molecule has 1 unspecified atom stereocenters. The van der Waals surface area contributed by atoms with Crippen LogP contribution in [0.2, 0.25) is 0 Å². The maximum Gasteiger partial charge on any atom is 0.490 e. The number of halogens is 3. The summed E-state index contributed by atoms with van der Waals surface area (Å²) >= 11 is 0. The Morgan fingerprint density at radius 1 is 1.33 bits per heavy atom. The van der Waals surface area contributed by atoms with E-state index in [0.717, 1.165) is 24.9 Å². The van der Waals surface area contributed by atoms with Crippen LogP contribution in [0.5, 0.6) is 0 Å². The second-order valence-electron chi connectivity index (χ2n) is 3.64. The van der Waals surface area contributed by atoms with E-state index in [1.165, 1.54) is 0 Å². The van der Waals surface area contributed by atoms with Gasteiger partial charge in [0, 0.05) is 6.61 Å². The number of aliphatic hydroxyl groups excluding tert-OH is 1. The predicted octanol–water partition coefficient (Wildman–Crippen LogP) is 0.0774. The van der Waals surface area contributed by atoms with Crippen molar-refractivity contribution < 1.29 is 28.2 Å². The highest BCUT2D eigenvalue weighted by molar-refractivity contribution is 5.73. The smallest absolute Gasteiger partial charge is 0.475 e. The summed E-state index contributed by atoms with van der Waals surface area (Å²) in [4.78, 5) is 8.90. The van der Waals surface area contributed by atoms with Gasteiger partial charge in [0.15, 0.2) is 0 Å². The van der Waals surface area contributed by atoms with Crippen LogP contribution >= 0.6 is 0 Å². The molecule has 2 rings (SSSR count). The van der Waals surface area contributed by atoms with Crippen molar-refractivity contribution in [2.45, 2.75) is 6.18 Å².